The van der Waals surface area contributed by atoms with Crippen molar-refractivity contribution in [1.82, 2.24) is 9.80 Å². The van der Waals surface area contributed by atoms with Crippen LogP contribution in [-0.2, 0) is 9.59 Å². The Labute approximate surface area is 204 Å². The van der Waals surface area contributed by atoms with Crippen LogP contribution >= 0.6 is 0 Å². The van der Waals surface area contributed by atoms with Gasteiger partial charge in [0.2, 0.25) is 0 Å². The lowest BCUT2D eigenvalue weighted by Gasteiger charge is -2.28. The van der Waals surface area contributed by atoms with Gasteiger partial charge in [-0.15, -0.1) is 0 Å². The number of phenolic OH excluding ortho intramolecular Hbond substituents is 1. The average molecular weight is 483 g/mol. The van der Waals surface area contributed by atoms with Crippen molar-refractivity contribution in [2.45, 2.75) is 19.9 Å². The molecule has 2 heterocycles. The third-order valence-corrected chi connectivity index (χ3v) is 6.43. The molecule has 2 N–H and O–H groups in total. The quantitative estimate of drug-likeness (QED) is 0.336. The number of likely N-dealkylation sites (tertiary alicyclic amines) is 1. The lowest BCUT2D eigenvalue weighted by atomic mass is 9.94. The average Bonchev–Trinajstić information content (AvgIpc) is 3.13. The molecule has 1 amide bonds. The summed E-state index contributed by atoms with van der Waals surface area (Å²) in [6.07, 6.45) is 0. The van der Waals surface area contributed by atoms with Crippen LogP contribution in [0.2, 0.25) is 0 Å². The molecule has 2 aromatic rings. The first-order chi connectivity index (χ1) is 16.9. The first-order valence-corrected chi connectivity index (χ1v) is 11.7. The van der Waals surface area contributed by atoms with Crippen LogP contribution in [0.25, 0.3) is 5.76 Å². The van der Waals surface area contributed by atoms with Gasteiger partial charge in [0.05, 0.1) is 18.7 Å². The third kappa shape index (κ3) is 4.64. The number of rotatable bonds is 8. The number of carbonyl (C=O) groups excluding carboxylic acids is 2. The van der Waals surface area contributed by atoms with Crippen LogP contribution in [-0.4, -0.2) is 78.2 Å². The molecule has 1 saturated heterocycles. The maximum Gasteiger partial charge on any atom is 0.295 e. The number of hydrogen-bond acceptors (Lipinski definition) is 8. The van der Waals surface area contributed by atoms with Crippen LogP contribution < -0.4 is 14.2 Å². The predicted molar refractivity (Wildman–Crippen MR) is 129 cm³/mol. The number of carbonyl (C=O) groups is 2. The van der Waals surface area contributed by atoms with Crippen LogP contribution in [0.4, 0.5) is 0 Å². The Kier molecular flexibility index (Phi) is 7.16. The second-order valence-electron chi connectivity index (χ2n) is 8.31. The lowest BCUT2D eigenvalue weighted by molar-refractivity contribution is -0.140. The van der Waals surface area contributed by atoms with Crippen molar-refractivity contribution < 1.29 is 34.0 Å². The highest BCUT2D eigenvalue weighted by atomic mass is 16.6. The van der Waals surface area contributed by atoms with Crippen molar-refractivity contribution in [2.75, 3.05) is 46.5 Å². The summed E-state index contributed by atoms with van der Waals surface area (Å²) < 4.78 is 16.4. The van der Waals surface area contributed by atoms with E-state index in [1.807, 2.05) is 13.8 Å². The third-order valence-electron chi connectivity index (χ3n) is 6.43. The number of aromatic hydroxyl groups is 1. The highest BCUT2D eigenvalue weighted by molar-refractivity contribution is 6.46. The number of Topliss-reactive ketones (excluding diaryl/α,β-unsaturated/α-hetero) is 1. The first-order valence-electron chi connectivity index (χ1n) is 11.7. The number of nitrogens with zero attached hydrogens (tertiary/aromatic N) is 2. The molecule has 1 atom stereocenters. The standard InChI is InChI=1S/C26H30N2O7/c1-4-27(5-2)10-11-28-23(16-6-8-18(29)20(14-16)33-3)22(25(31)26(28)32)24(30)17-7-9-19-21(15-17)35-13-12-34-19/h6-9,14-15,23,29-30H,4-5,10-13H2,1-3H3. The summed E-state index contributed by atoms with van der Waals surface area (Å²) in [7, 11) is 1.42. The number of benzene rings is 2. The van der Waals surface area contributed by atoms with Crippen LogP contribution in [0.1, 0.15) is 31.0 Å². The van der Waals surface area contributed by atoms with Crippen LogP contribution in [0, 0.1) is 0 Å². The van der Waals surface area contributed by atoms with Crippen LogP contribution in [0.3, 0.4) is 0 Å². The largest absolute Gasteiger partial charge is 0.507 e. The van der Waals surface area contributed by atoms with E-state index in [4.69, 9.17) is 14.2 Å². The van der Waals surface area contributed by atoms with Crippen molar-refractivity contribution in [2.24, 2.45) is 0 Å². The summed E-state index contributed by atoms with van der Waals surface area (Å²) in [6.45, 7) is 7.32. The fraction of sp³-hybridized carbons (Fsp3) is 0.385. The minimum absolute atomic E-state index is 0.0287. The molecule has 0 spiro atoms. The van der Waals surface area contributed by atoms with Gasteiger partial charge >= 0.3 is 0 Å². The molecule has 2 aromatic carbocycles. The Morgan fingerprint density at radius 3 is 2.49 bits per heavy atom. The van der Waals surface area contributed by atoms with E-state index in [0.717, 1.165) is 13.1 Å². The molecule has 0 aromatic heterocycles. The van der Waals surface area contributed by atoms with E-state index < -0.39 is 17.7 Å². The SMILES string of the molecule is CCN(CC)CCN1C(=O)C(=O)C(=C(O)c2ccc3c(c2)OCCO3)C1c1ccc(O)c(OC)c1. The predicted octanol–water partition coefficient (Wildman–Crippen LogP) is 2.94. The van der Waals surface area contributed by atoms with E-state index >= 15 is 0 Å². The second-order valence-corrected chi connectivity index (χ2v) is 8.31. The number of hydrogen-bond donors (Lipinski definition) is 2. The number of ether oxygens (including phenoxy) is 3. The van der Waals surface area contributed by atoms with E-state index in [-0.39, 0.29) is 29.4 Å². The molecule has 1 unspecified atom stereocenters. The van der Waals surface area contributed by atoms with E-state index in [1.165, 1.54) is 18.1 Å². The highest BCUT2D eigenvalue weighted by Crippen LogP contribution is 2.42. The van der Waals surface area contributed by atoms with Crippen molar-refractivity contribution in [3.63, 3.8) is 0 Å². The Morgan fingerprint density at radius 2 is 1.80 bits per heavy atom. The van der Waals surface area contributed by atoms with Gasteiger partial charge in [0.25, 0.3) is 11.7 Å². The minimum atomic E-state index is -0.853. The number of phenols is 1. The lowest BCUT2D eigenvalue weighted by Crippen LogP contribution is -2.38. The van der Waals surface area contributed by atoms with E-state index in [0.29, 0.717) is 42.4 Å². The molecule has 2 aliphatic heterocycles. The van der Waals surface area contributed by atoms with E-state index in [9.17, 15) is 19.8 Å². The van der Waals surface area contributed by atoms with Crippen molar-refractivity contribution in [1.29, 1.82) is 0 Å². The second kappa shape index (κ2) is 10.3. The van der Waals surface area contributed by atoms with Crippen molar-refractivity contribution in [3.05, 3.63) is 53.1 Å². The van der Waals surface area contributed by atoms with Gasteiger partial charge < -0.3 is 34.2 Å². The fourth-order valence-electron chi connectivity index (χ4n) is 4.46. The molecule has 2 aliphatic rings. The first kappa shape index (κ1) is 24.4. The maximum absolute atomic E-state index is 13.2. The minimum Gasteiger partial charge on any atom is -0.507 e. The van der Waals surface area contributed by atoms with Gasteiger partial charge in [0.1, 0.15) is 19.0 Å². The number of methoxy groups -OCH3 is 1. The van der Waals surface area contributed by atoms with E-state index in [1.54, 1.807) is 30.3 Å². The van der Waals surface area contributed by atoms with Gasteiger partial charge in [0, 0.05) is 18.7 Å². The molecule has 4 rings (SSSR count). The molecular formula is C26H30N2O7. The van der Waals surface area contributed by atoms with Crippen molar-refractivity contribution in [3.8, 4) is 23.0 Å². The number of aliphatic hydroxyl groups is 1. The molecule has 0 aliphatic carbocycles. The normalized spacial score (nSPS) is 18.9. The van der Waals surface area contributed by atoms with Crippen LogP contribution in [0.15, 0.2) is 42.0 Å². The molecule has 35 heavy (non-hydrogen) atoms. The van der Waals surface area contributed by atoms with E-state index in [2.05, 4.69) is 4.90 Å². The number of likely N-dealkylation sites (N-methyl/N-ethyl adjacent to an activating group) is 1. The topological polar surface area (TPSA) is 109 Å². The summed E-state index contributed by atoms with van der Waals surface area (Å²) in [5.41, 5.74) is 0.850. The summed E-state index contributed by atoms with van der Waals surface area (Å²) in [6, 6.07) is 8.68. The Bertz CT molecular complexity index is 1160. The van der Waals surface area contributed by atoms with Crippen molar-refractivity contribution >= 4 is 17.4 Å². The van der Waals surface area contributed by atoms with Gasteiger partial charge in [-0.05, 0) is 49.0 Å². The number of ketones is 1. The van der Waals surface area contributed by atoms with Gasteiger partial charge in [-0.3, -0.25) is 9.59 Å². The molecule has 0 bridgehead atoms. The highest BCUT2D eigenvalue weighted by Gasteiger charge is 2.46. The summed E-state index contributed by atoms with van der Waals surface area (Å²) in [5, 5.41) is 21.4. The number of aliphatic hydroxyl groups excluding tert-OH is 1. The Balaban J connectivity index is 1.82. The maximum atomic E-state index is 13.2. The zero-order chi connectivity index (χ0) is 25.1. The Morgan fingerprint density at radius 1 is 1.09 bits per heavy atom. The molecule has 9 nitrogen and oxygen atoms in total. The Hall–Kier alpha value is -3.72. The van der Waals surface area contributed by atoms with Crippen LogP contribution in [0.5, 0.6) is 23.0 Å². The molecule has 0 saturated carbocycles. The zero-order valence-corrected chi connectivity index (χ0v) is 20.1. The molecule has 186 valence electrons. The fourth-order valence-corrected chi connectivity index (χ4v) is 4.46. The van der Waals surface area contributed by atoms with Gasteiger partial charge in [-0.25, -0.2) is 0 Å². The summed E-state index contributed by atoms with van der Waals surface area (Å²) in [5.74, 6) is -0.615. The summed E-state index contributed by atoms with van der Waals surface area (Å²) in [4.78, 5) is 30.0. The van der Waals surface area contributed by atoms with Gasteiger partial charge in [-0.1, -0.05) is 19.9 Å². The van der Waals surface area contributed by atoms with Gasteiger partial charge in [0.15, 0.2) is 23.0 Å². The molecule has 9 heteroatoms. The molecular weight excluding hydrogens is 452 g/mol. The number of amides is 1. The molecule has 0 radical (unpaired) electrons. The zero-order valence-electron chi connectivity index (χ0n) is 20.1. The monoisotopic (exact) mass is 482 g/mol. The molecule has 1 fully saturated rings. The van der Waals surface area contributed by atoms with Gasteiger partial charge in [-0.2, -0.15) is 0 Å². The number of fused-ring (bicyclic) bond motifs is 1. The smallest absolute Gasteiger partial charge is 0.295 e. The summed E-state index contributed by atoms with van der Waals surface area (Å²) >= 11 is 0.